The molecule has 4 aromatic rings. The van der Waals surface area contributed by atoms with E-state index in [1.54, 1.807) is 22.9 Å². The number of carbonyl (C=O) groups is 4. The highest BCUT2D eigenvalue weighted by Gasteiger charge is 2.39. The maximum atomic E-state index is 15.2. The first-order valence-corrected chi connectivity index (χ1v) is 14.8. The van der Waals surface area contributed by atoms with Gasteiger partial charge in [0.1, 0.15) is 17.4 Å². The number of nitrogens with two attached hydrogens (primary N) is 1. The van der Waals surface area contributed by atoms with Crippen molar-refractivity contribution in [2.75, 3.05) is 13.1 Å². The SMILES string of the molecule is NC(=O)c1cccc2cn(-c3ccc(C4CCN(Cc5cc6c(cc5F)C(=O)N(C5CCC(=O)NC5=O)C6)CC4)cc3)nc12. The summed E-state index contributed by atoms with van der Waals surface area (Å²) >= 11 is 0. The van der Waals surface area contributed by atoms with E-state index in [2.05, 4.69) is 27.4 Å². The number of fused-ring (bicyclic) bond motifs is 2. The number of piperidine rings is 2. The highest BCUT2D eigenvalue weighted by Crippen LogP contribution is 2.32. The summed E-state index contributed by atoms with van der Waals surface area (Å²) in [5.41, 5.74) is 10.1. The lowest BCUT2D eigenvalue weighted by molar-refractivity contribution is -0.136. The van der Waals surface area contributed by atoms with E-state index in [0.717, 1.165) is 37.0 Å². The van der Waals surface area contributed by atoms with Gasteiger partial charge in [0.05, 0.1) is 11.3 Å². The second-order valence-corrected chi connectivity index (χ2v) is 11.8. The molecule has 44 heavy (non-hydrogen) atoms. The zero-order valence-corrected chi connectivity index (χ0v) is 24.0. The van der Waals surface area contributed by atoms with Crippen LogP contribution in [0, 0.1) is 5.82 Å². The molecule has 1 unspecified atom stereocenters. The molecule has 4 amide bonds. The highest BCUT2D eigenvalue weighted by molar-refractivity contribution is 6.06. The van der Waals surface area contributed by atoms with Crippen molar-refractivity contribution in [3.63, 3.8) is 0 Å². The first-order valence-electron chi connectivity index (χ1n) is 14.8. The van der Waals surface area contributed by atoms with E-state index in [9.17, 15) is 19.2 Å². The number of hydrogen-bond acceptors (Lipinski definition) is 6. The molecule has 4 heterocycles. The second-order valence-electron chi connectivity index (χ2n) is 11.8. The van der Waals surface area contributed by atoms with Gasteiger partial charge < -0.3 is 10.6 Å². The number of primary amides is 1. The quantitative estimate of drug-likeness (QED) is 0.329. The molecule has 11 heteroatoms. The Morgan fingerprint density at radius 1 is 1.02 bits per heavy atom. The third-order valence-electron chi connectivity index (χ3n) is 9.10. The number of nitrogens with one attached hydrogen (secondary N) is 1. The smallest absolute Gasteiger partial charge is 0.255 e. The molecular formula is C33H31FN6O4. The summed E-state index contributed by atoms with van der Waals surface area (Å²) in [6.07, 6.45) is 4.20. The second kappa shape index (κ2) is 11.0. The van der Waals surface area contributed by atoms with Crippen LogP contribution < -0.4 is 11.1 Å². The maximum absolute atomic E-state index is 15.2. The summed E-state index contributed by atoms with van der Waals surface area (Å²) in [5.74, 6) is -1.74. The monoisotopic (exact) mass is 594 g/mol. The third kappa shape index (κ3) is 5.02. The molecule has 3 aliphatic heterocycles. The lowest BCUT2D eigenvalue weighted by Crippen LogP contribution is -2.52. The van der Waals surface area contributed by atoms with Crippen LogP contribution in [0.2, 0.25) is 0 Å². The van der Waals surface area contributed by atoms with Crippen LogP contribution in [0.15, 0.2) is 60.8 Å². The summed E-state index contributed by atoms with van der Waals surface area (Å²) in [4.78, 5) is 52.3. The number of halogens is 1. The predicted molar refractivity (Wildman–Crippen MR) is 159 cm³/mol. The molecule has 1 aromatic heterocycles. The van der Waals surface area contributed by atoms with Crippen molar-refractivity contribution < 1.29 is 23.6 Å². The van der Waals surface area contributed by atoms with E-state index in [1.165, 1.54) is 16.5 Å². The minimum Gasteiger partial charge on any atom is -0.366 e. The predicted octanol–water partition coefficient (Wildman–Crippen LogP) is 3.40. The molecule has 3 N–H and O–H groups in total. The summed E-state index contributed by atoms with van der Waals surface area (Å²) in [5, 5.41) is 7.73. The fourth-order valence-electron chi connectivity index (χ4n) is 6.70. The Morgan fingerprint density at radius 3 is 2.52 bits per heavy atom. The van der Waals surface area contributed by atoms with Crippen LogP contribution in [0.1, 0.15) is 69.0 Å². The molecule has 0 radical (unpaired) electrons. The zero-order chi connectivity index (χ0) is 30.5. The van der Waals surface area contributed by atoms with Crippen molar-refractivity contribution in [3.05, 3.63) is 94.4 Å². The van der Waals surface area contributed by atoms with Crippen LogP contribution >= 0.6 is 0 Å². The van der Waals surface area contributed by atoms with Gasteiger partial charge in [0, 0.05) is 42.2 Å². The molecule has 3 aromatic carbocycles. The van der Waals surface area contributed by atoms with Gasteiger partial charge in [-0.25, -0.2) is 9.07 Å². The first-order chi connectivity index (χ1) is 21.2. The number of rotatable bonds is 6. The van der Waals surface area contributed by atoms with Gasteiger partial charge >= 0.3 is 0 Å². The van der Waals surface area contributed by atoms with Crippen molar-refractivity contribution in [2.45, 2.75) is 50.7 Å². The Hall–Kier alpha value is -4.90. The van der Waals surface area contributed by atoms with E-state index < -0.39 is 23.7 Å². The van der Waals surface area contributed by atoms with Gasteiger partial charge in [-0.05, 0) is 79.7 Å². The van der Waals surface area contributed by atoms with E-state index in [0.29, 0.717) is 34.7 Å². The Labute approximate surface area is 252 Å². The van der Waals surface area contributed by atoms with Crippen molar-refractivity contribution >= 4 is 34.5 Å². The minimum absolute atomic E-state index is 0.178. The lowest BCUT2D eigenvalue weighted by Gasteiger charge is -2.32. The van der Waals surface area contributed by atoms with Crippen LogP contribution in [-0.4, -0.2) is 62.3 Å². The standard InChI is InChI=1S/C33H31FN6O4/c34-27-15-26-22(17-39(33(26)44)28-8-9-29(41)36-32(28)43)14-23(27)16-38-12-10-20(11-13-38)19-4-6-24(7-5-19)40-18-21-2-1-3-25(31(35)42)30(21)37-40/h1-7,14-15,18,20,28H,8-13,16-17H2,(H2,35,42)(H,36,41,43). The molecule has 1 atom stereocenters. The summed E-state index contributed by atoms with van der Waals surface area (Å²) < 4.78 is 16.9. The Balaban J connectivity index is 0.986. The van der Waals surface area contributed by atoms with Gasteiger partial charge in [-0.15, -0.1) is 0 Å². The van der Waals surface area contributed by atoms with Gasteiger partial charge in [0.15, 0.2) is 0 Å². The molecule has 10 nitrogen and oxygen atoms in total. The van der Waals surface area contributed by atoms with E-state index in [4.69, 9.17) is 5.73 Å². The molecule has 0 bridgehead atoms. The van der Waals surface area contributed by atoms with Crippen LogP contribution in [0.3, 0.4) is 0 Å². The first kappa shape index (κ1) is 27.9. The molecule has 2 saturated heterocycles. The number of nitrogens with zero attached hydrogens (tertiary/aromatic N) is 4. The highest BCUT2D eigenvalue weighted by atomic mass is 19.1. The fourth-order valence-corrected chi connectivity index (χ4v) is 6.70. The van der Waals surface area contributed by atoms with Crippen LogP contribution in [0.25, 0.3) is 16.6 Å². The molecule has 0 saturated carbocycles. The minimum atomic E-state index is -0.721. The number of amides is 4. The van der Waals surface area contributed by atoms with Gasteiger partial charge in [0.2, 0.25) is 11.8 Å². The number of benzene rings is 3. The van der Waals surface area contributed by atoms with Gasteiger partial charge in [0.25, 0.3) is 11.8 Å². The largest absolute Gasteiger partial charge is 0.366 e. The Kier molecular flexibility index (Phi) is 6.97. The summed E-state index contributed by atoms with van der Waals surface area (Å²) in [6, 6.07) is 16.0. The van der Waals surface area contributed by atoms with Gasteiger partial charge in [-0.3, -0.25) is 29.4 Å². The molecule has 3 aliphatic rings. The van der Waals surface area contributed by atoms with Crippen molar-refractivity contribution in [1.29, 1.82) is 0 Å². The van der Waals surface area contributed by atoms with Crippen LogP contribution in [-0.2, 0) is 22.7 Å². The van der Waals surface area contributed by atoms with Crippen molar-refractivity contribution in [1.82, 2.24) is 24.9 Å². The summed E-state index contributed by atoms with van der Waals surface area (Å²) in [7, 11) is 0. The number of carbonyl (C=O) groups excluding carboxylic acids is 4. The van der Waals surface area contributed by atoms with Crippen LogP contribution in [0.5, 0.6) is 0 Å². The molecule has 0 spiro atoms. The molecule has 224 valence electrons. The van der Waals surface area contributed by atoms with E-state index >= 15 is 4.39 Å². The maximum Gasteiger partial charge on any atom is 0.255 e. The molecular weight excluding hydrogens is 563 g/mol. The Bertz CT molecular complexity index is 1830. The number of imide groups is 1. The molecule has 2 fully saturated rings. The zero-order valence-electron chi connectivity index (χ0n) is 24.0. The molecule has 7 rings (SSSR count). The third-order valence-corrected chi connectivity index (χ3v) is 9.10. The average molecular weight is 595 g/mol. The number of aromatic nitrogens is 2. The summed E-state index contributed by atoms with van der Waals surface area (Å²) in [6.45, 7) is 2.29. The topological polar surface area (TPSA) is 131 Å². The van der Waals surface area contributed by atoms with E-state index in [1.807, 2.05) is 24.4 Å². The number of hydrogen-bond donors (Lipinski definition) is 2. The number of likely N-dealkylation sites (tertiary alicyclic amines) is 1. The average Bonchev–Trinajstić information content (AvgIpc) is 3.59. The van der Waals surface area contributed by atoms with Crippen molar-refractivity contribution in [3.8, 4) is 5.69 Å². The van der Waals surface area contributed by atoms with E-state index in [-0.39, 0.29) is 36.8 Å². The lowest BCUT2D eigenvalue weighted by atomic mass is 9.89. The fraction of sp³-hybridized carbons (Fsp3) is 0.303. The van der Waals surface area contributed by atoms with Crippen molar-refractivity contribution in [2.24, 2.45) is 5.73 Å². The molecule has 0 aliphatic carbocycles. The van der Waals surface area contributed by atoms with Gasteiger partial charge in [-0.1, -0.05) is 24.3 Å². The van der Waals surface area contributed by atoms with Crippen LogP contribution in [0.4, 0.5) is 4.39 Å². The Morgan fingerprint density at radius 2 is 1.80 bits per heavy atom. The normalized spacial score (nSPS) is 19.4. The van der Waals surface area contributed by atoms with Gasteiger partial charge in [-0.2, -0.15) is 5.10 Å².